The van der Waals surface area contributed by atoms with E-state index < -0.39 is 0 Å². The average Bonchev–Trinajstić information content (AvgIpc) is 2.45. The Hall–Kier alpha value is -2.09. The Bertz CT molecular complexity index is 532. The van der Waals surface area contributed by atoms with E-state index in [0.717, 1.165) is 29.6 Å². The summed E-state index contributed by atoms with van der Waals surface area (Å²) in [5.41, 5.74) is 3.45. The highest BCUT2D eigenvalue weighted by atomic mass is 16.5. The molecule has 0 bridgehead atoms. The Morgan fingerprint density at radius 3 is 2.53 bits per heavy atom. The van der Waals surface area contributed by atoms with Crippen LogP contribution in [-0.4, -0.2) is 6.29 Å². The second kappa shape index (κ2) is 6.74. The zero-order chi connectivity index (χ0) is 13.5. The van der Waals surface area contributed by atoms with Gasteiger partial charge in [0.25, 0.3) is 0 Å². The van der Waals surface area contributed by atoms with Crippen molar-refractivity contribution in [2.45, 2.75) is 26.4 Å². The van der Waals surface area contributed by atoms with Crippen molar-refractivity contribution in [1.29, 1.82) is 0 Å². The number of carbonyl (C=O) groups is 1. The molecule has 0 fully saturated rings. The van der Waals surface area contributed by atoms with Crippen LogP contribution in [0.25, 0.3) is 0 Å². The summed E-state index contributed by atoms with van der Waals surface area (Å²) in [7, 11) is 0. The Morgan fingerprint density at radius 2 is 1.84 bits per heavy atom. The standard InChI is InChI=1S/C17H18O2/c1-14-12-15(8-5-11-18)9-10-17(14)19-13-16-6-3-2-4-7-16/h2-4,6-7,9-12H,5,8,13H2,1H3. The van der Waals surface area contributed by atoms with Gasteiger partial charge in [-0.05, 0) is 36.1 Å². The lowest BCUT2D eigenvalue weighted by Gasteiger charge is -2.10. The normalized spacial score (nSPS) is 10.2. The SMILES string of the molecule is Cc1cc(CCC=O)ccc1OCc1ccccc1. The fourth-order valence-electron chi connectivity index (χ4n) is 1.99. The van der Waals surface area contributed by atoms with Crippen LogP contribution in [0.3, 0.4) is 0 Å². The van der Waals surface area contributed by atoms with Gasteiger partial charge in [0.05, 0.1) is 0 Å². The van der Waals surface area contributed by atoms with Crippen LogP contribution in [0.1, 0.15) is 23.1 Å². The molecule has 0 atom stereocenters. The molecule has 0 amide bonds. The zero-order valence-corrected chi connectivity index (χ0v) is 11.1. The first-order valence-electron chi connectivity index (χ1n) is 6.49. The van der Waals surface area contributed by atoms with Crippen LogP contribution < -0.4 is 4.74 Å². The van der Waals surface area contributed by atoms with Crippen molar-refractivity contribution in [3.63, 3.8) is 0 Å². The van der Waals surface area contributed by atoms with Gasteiger partial charge >= 0.3 is 0 Å². The molecule has 0 aliphatic heterocycles. The highest BCUT2D eigenvalue weighted by Gasteiger charge is 2.02. The number of carbonyl (C=O) groups excluding carboxylic acids is 1. The topological polar surface area (TPSA) is 26.3 Å². The summed E-state index contributed by atoms with van der Waals surface area (Å²) >= 11 is 0. The average molecular weight is 254 g/mol. The van der Waals surface area contributed by atoms with E-state index in [4.69, 9.17) is 4.74 Å². The molecule has 2 nitrogen and oxygen atoms in total. The summed E-state index contributed by atoms with van der Waals surface area (Å²) in [6.07, 6.45) is 2.32. The molecule has 2 rings (SSSR count). The van der Waals surface area contributed by atoms with Crippen molar-refractivity contribution < 1.29 is 9.53 Å². The fraction of sp³-hybridized carbons (Fsp3) is 0.235. The van der Waals surface area contributed by atoms with Crippen molar-refractivity contribution in [3.05, 3.63) is 65.2 Å². The molecule has 19 heavy (non-hydrogen) atoms. The summed E-state index contributed by atoms with van der Waals surface area (Å²) in [6, 6.07) is 16.2. The largest absolute Gasteiger partial charge is 0.489 e. The van der Waals surface area contributed by atoms with E-state index >= 15 is 0 Å². The Labute approximate surface area is 114 Å². The van der Waals surface area contributed by atoms with E-state index in [9.17, 15) is 4.79 Å². The van der Waals surface area contributed by atoms with Crippen LogP contribution in [0.15, 0.2) is 48.5 Å². The summed E-state index contributed by atoms with van der Waals surface area (Å²) in [4.78, 5) is 10.4. The van der Waals surface area contributed by atoms with Crippen LogP contribution in [0, 0.1) is 6.92 Å². The maximum atomic E-state index is 10.4. The maximum absolute atomic E-state index is 10.4. The molecular formula is C17H18O2. The van der Waals surface area contributed by atoms with Gasteiger partial charge in [0, 0.05) is 6.42 Å². The van der Waals surface area contributed by atoms with Gasteiger partial charge in [0.1, 0.15) is 18.6 Å². The number of hydrogen-bond donors (Lipinski definition) is 0. The summed E-state index contributed by atoms with van der Waals surface area (Å²) < 4.78 is 5.81. The molecular weight excluding hydrogens is 236 g/mol. The van der Waals surface area contributed by atoms with Crippen molar-refractivity contribution in [2.24, 2.45) is 0 Å². The molecule has 2 aromatic carbocycles. The van der Waals surface area contributed by atoms with Crippen LogP contribution in [-0.2, 0) is 17.8 Å². The second-order valence-corrected chi connectivity index (χ2v) is 4.58. The molecule has 2 heteroatoms. The molecule has 0 radical (unpaired) electrons. The molecule has 0 unspecified atom stereocenters. The van der Waals surface area contributed by atoms with Gasteiger partial charge in [-0.2, -0.15) is 0 Å². The monoisotopic (exact) mass is 254 g/mol. The number of rotatable bonds is 6. The van der Waals surface area contributed by atoms with Crippen LogP contribution in [0.5, 0.6) is 5.75 Å². The molecule has 0 saturated carbocycles. The van der Waals surface area contributed by atoms with Gasteiger partial charge in [0.15, 0.2) is 0 Å². The highest BCUT2D eigenvalue weighted by Crippen LogP contribution is 2.21. The minimum Gasteiger partial charge on any atom is -0.489 e. The molecule has 0 N–H and O–H groups in total. The minimum atomic E-state index is 0.573. The molecule has 0 saturated heterocycles. The molecule has 2 aromatic rings. The third-order valence-corrected chi connectivity index (χ3v) is 3.03. The predicted molar refractivity (Wildman–Crippen MR) is 76.3 cm³/mol. The summed E-state index contributed by atoms with van der Waals surface area (Å²) in [6.45, 7) is 2.61. The first-order valence-corrected chi connectivity index (χ1v) is 6.49. The lowest BCUT2D eigenvalue weighted by Crippen LogP contribution is -1.97. The first-order chi connectivity index (χ1) is 9.29. The quantitative estimate of drug-likeness (QED) is 0.735. The Kier molecular flexibility index (Phi) is 4.73. The lowest BCUT2D eigenvalue weighted by atomic mass is 10.1. The van der Waals surface area contributed by atoms with E-state index in [2.05, 4.69) is 6.07 Å². The Morgan fingerprint density at radius 1 is 1.05 bits per heavy atom. The van der Waals surface area contributed by atoms with E-state index in [-0.39, 0.29) is 0 Å². The maximum Gasteiger partial charge on any atom is 0.122 e. The number of benzene rings is 2. The number of hydrogen-bond acceptors (Lipinski definition) is 2. The summed E-state index contributed by atoms with van der Waals surface area (Å²) in [5, 5.41) is 0. The van der Waals surface area contributed by atoms with Crippen LogP contribution in [0.4, 0.5) is 0 Å². The lowest BCUT2D eigenvalue weighted by molar-refractivity contribution is -0.107. The van der Waals surface area contributed by atoms with Crippen molar-refractivity contribution in [2.75, 3.05) is 0 Å². The van der Waals surface area contributed by atoms with Crippen molar-refractivity contribution in [1.82, 2.24) is 0 Å². The Balaban J connectivity index is 1.99. The number of aldehydes is 1. The van der Waals surface area contributed by atoms with E-state index in [1.807, 2.05) is 49.4 Å². The molecule has 0 aliphatic carbocycles. The molecule has 98 valence electrons. The number of aryl methyl sites for hydroxylation is 2. The fourth-order valence-corrected chi connectivity index (χ4v) is 1.99. The van der Waals surface area contributed by atoms with E-state index in [1.165, 1.54) is 5.56 Å². The second-order valence-electron chi connectivity index (χ2n) is 4.58. The van der Waals surface area contributed by atoms with Gasteiger partial charge in [0.2, 0.25) is 0 Å². The molecule has 0 aliphatic rings. The molecule has 0 heterocycles. The van der Waals surface area contributed by atoms with E-state index in [0.29, 0.717) is 13.0 Å². The first kappa shape index (κ1) is 13.3. The van der Waals surface area contributed by atoms with Crippen molar-refractivity contribution >= 4 is 6.29 Å². The van der Waals surface area contributed by atoms with E-state index in [1.54, 1.807) is 0 Å². The smallest absolute Gasteiger partial charge is 0.122 e. The number of ether oxygens (including phenoxy) is 1. The van der Waals surface area contributed by atoms with Gasteiger partial charge in [-0.3, -0.25) is 0 Å². The van der Waals surface area contributed by atoms with Gasteiger partial charge in [-0.25, -0.2) is 0 Å². The predicted octanol–water partition coefficient (Wildman–Crippen LogP) is 3.71. The highest BCUT2D eigenvalue weighted by molar-refractivity contribution is 5.50. The third kappa shape index (κ3) is 3.95. The third-order valence-electron chi connectivity index (χ3n) is 3.03. The minimum absolute atomic E-state index is 0.573. The molecule has 0 aromatic heterocycles. The summed E-state index contributed by atoms with van der Waals surface area (Å²) in [5.74, 6) is 0.902. The molecule has 0 spiro atoms. The van der Waals surface area contributed by atoms with Crippen LogP contribution >= 0.6 is 0 Å². The van der Waals surface area contributed by atoms with Gasteiger partial charge in [-0.15, -0.1) is 0 Å². The zero-order valence-electron chi connectivity index (χ0n) is 11.1. The van der Waals surface area contributed by atoms with Gasteiger partial charge < -0.3 is 9.53 Å². The van der Waals surface area contributed by atoms with Crippen LogP contribution in [0.2, 0.25) is 0 Å². The van der Waals surface area contributed by atoms with Crippen molar-refractivity contribution in [3.8, 4) is 5.75 Å². The van der Waals surface area contributed by atoms with Gasteiger partial charge in [-0.1, -0.05) is 42.5 Å².